The lowest BCUT2D eigenvalue weighted by molar-refractivity contribution is -0.124. The van der Waals surface area contributed by atoms with Gasteiger partial charge >= 0.3 is 0 Å². The van der Waals surface area contributed by atoms with E-state index in [4.69, 9.17) is 23.4 Å². The van der Waals surface area contributed by atoms with Gasteiger partial charge in [0.2, 0.25) is 0 Å². The molecule has 3 N–H and O–H groups in total. The molecule has 0 bridgehead atoms. The monoisotopic (exact) mass is 435 g/mol. The van der Waals surface area contributed by atoms with Crippen LogP contribution in [0.2, 0.25) is 0 Å². The fourth-order valence-electron chi connectivity index (χ4n) is 3.66. The minimum absolute atomic E-state index is 0.103. The summed E-state index contributed by atoms with van der Waals surface area (Å²) in [5.74, 6) is 0.663. The highest BCUT2D eigenvalue weighted by molar-refractivity contribution is 8.27. The van der Waals surface area contributed by atoms with Gasteiger partial charge in [-0.25, -0.2) is 8.72 Å². The van der Waals surface area contributed by atoms with Crippen LogP contribution in [0.4, 0.5) is 10.2 Å². The maximum Gasteiger partial charge on any atom is 0.186 e. The Kier molecular flexibility index (Phi) is 5.53. The van der Waals surface area contributed by atoms with Gasteiger partial charge in [-0.1, -0.05) is 11.8 Å². The first kappa shape index (κ1) is 20.5. The number of nitrogens with one attached hydrogen (secondary N) is 2. The summed E-state index contributed by atoms with van der Waals surface area (Å²) in [5.41, 5.74) is 1.03. The number of ether oxygens (including phenoxy) is 1. The first-order chi connectivity index (χ1) is 13.8. The van der Waals surface area contributed by atoms with Crippen LogP contribution >= 0.6 is 11.8 Å². The van der Waals surface area contributed by atoms with Crippen molar-refractivity contribution < 1.29 is 17.9 Å². The van der Waals surface area contributed by atoms with E-state index in [2.05, 4.69) is 10.00 Å². The summed E-state index contributed by atoms with van der Waals surface area (Å²) in [6.07, 6.45) is 1.41. The number of halogens is 1. The summed E-state index contributed by atoms with van der Waals surface area (Å²) in [6.45, 7) is 3.09. The van der Waals surface area contributed by atoms with Crippen molar-refractivity contribution in [3.63, 3.8) is 0 Å². The summed E-state index contributed by atoms with van der Waals surface area (Å²) in [6, 6.07) is 3.12. The molecule has 4 rings (SSSR count). The molecule has 2 saturated heterocycles. The Morgan fingerprint density at radius 1 is 1.38 bits per heavy atom. The Hall–Kier alpha value is -1.76. The van der Waals surface area contributed by atoms with Crippen molar-refractivity contribution in [3.05, 3.63) is 23.9 Å². The van der Waals surface area contributed by atoms with E-state index >= 15 is 0 Å². The van der Waals surface area contributed by atoms with Crippen molar-refractivity contribution in [2.45, 2.75) is 23.8 Å². The number of piperidine rings is 1. The number of aromatic nitrogens is 2. The standard InChI is InChI=1S/C17H19BFN5O3S2/c18-14(19)16(21)28-15(20)11-7-22-24-12(11)5-10(29(25)26)6-13(24)23-3-1-17(2-4-23)8-27-9-17/h5-7,14,20-21H,1-4,8-9H2,(H,25,26). The molecule has 2 atom stereocenters. The van der Waals surface area contributed by atoms with Crippen LogP contribution in [0.25, 0.3) is 5.52 Å². The van der Waals surface area contributed by atoms with Crippen molar-refractivity contribution in [3.8, 4) is 0 Å². The molecule has 0 aliphatic carbocycles. The second kappa shape index (κ2) is 7.82. The van der Waals surface area contributed by atoms with Crippen LogP contribution in [-0.4, -0.2) is 68.7 Å². The molecule has 4 heterocycles. The van der Waals surface area contributed by atoms with Gasteiger partial charge < -0.3 is 14.2 Å². The normalized spacial score (nSPS) is 20.4. The van der Waals surface area contributed by atoms with E-state index in [9.17, 15) is 13.2 Å². The van der Waals surface area contributed by atoms with Crippen LogP contribution in [0.3, 0.4) is 0 Å². The Morgan fingerprint density at radius 3 is 2.62 bits per heavy atom. The molecule has 0 amide bonds. The van der Waals surface area contributed by atoms with E-state index in [0.29, 0.717) is 28.7 Å². The lowest BCUT2D eigenvalue weighted by Gasteiger charge is -2.47. The van der Waals surface area contributed by atoms with Gasteiger partial charge in [-0.05, 0) is 25.0 Å². The Labute approximate surface area is 174 Å². The van der Waals surface area contributed by atoms with E-state index in [1.807, 2.05) is 0 Å². The molecule has 2 aliphatic heterocycles. The molecular formula is C17H19BFN5O3S2. The van der Waals surface area contributed by atoms with Crippen LogP contribution in [0.15, 0.2) is 23.2 Å². The quantitative estimate of drug-likeness (QED) is 0.293. The molecule has 12 heteroatoms. The highest BCUT2D eigenvalue weighted by atomic mass is 32.2. The van der Waals surface area contributed by atoms with Gasteiger partial charge in [-0.3, -0.25) is 15.2 Å². The number of thioether (sulfide) groups is 1. The van der Waals surface area contributed by atoms with E-state index in [0.717, 1.165) is 39.1 Å². The zero-order chi connectivity index (χ0) is 20.8. The van der Waals surface area contributed by atoms with Crippen molar-refractivity contribution in [1.82, 2.24) is 9.61 Å². The number of hydrogen-bond donors (Lipinski definition) is 3. The molecule has 1 spiro atoms. The number of alkyl halides is 1. The average molecular weight is 435 g/mol. The highest BCUT2D eigenvalue weighted by Gasteiger charge is 2.41. The Morgan fingerprint density at radius 2 is 2.07 bits per heavy atom. The third-order valence-electron chi connectivity index (χ3n) is 5.45. The van der Waals surface area contributed by atoms with Crippen LogP contribution in [0.5, 0.6) is 0 Å². The van der Waals surface area contributed by atoms with Gasteiger partial charge in [0.05, 0.1) is 40.4 Å². The molecule has 0 aromatic carbocycles. The summed E-state index contributed by atoms with van der Waals surface area (Å²) in [5, 5.41) is 19.5. The Bertz CT molecular complexity index is 1000. The Balaban J connectivity index is 1.69. The predicted octanol–water partition coefficient (Wildman–Crippen LogP) is 2.03. The van der Waals surface area contributed by atoms with Crippen LogP contribution in [0.1, 0.15) is 18.4 Å². The molecule has 8 nitrogen and oxygen atoms in total. The number of anilines is 1. The highest BCUT2D eigenvalue weighted by Crippen LogP contribution is 2.40. The van der Waals surface area contributed by atoms with E-state index in [-0.39, 0.29) is 15.4 Å². The molecule has 152 valence electrons. The van der Waals surface area contributed by atoms with Crippen LogP contribution in [0, 0.1) is 16.2 Å². The first-order valence-electron chi connectivity index (χ1n) is 9.00. The fraction of sp³-hybridized carbons (Fsp3) is 0.471. The van der Waals surface area contributed by atoms with Gasteiger partial charge in [0.15, 0.2) is 11.1 Å². The number of rotatable bonds is 4. The van der Waals surface area contributed by atoms with E-state index in [1.54, 1.807) is 10.6 Å². The molecule has 2 fully saturated rings. The van der Waals surface area contributed by atoms with Crippen molar-refractivity contribution >= 4 is 52.1 Å². The lowest BCUT2D eigenvalue weighted by atomic mass is 9.77. The number of hydrogen-bond acceptors (Lipinski definition) is 7. The van der Waals surface area contributed by atoms with Gasteiger partial charge in [0.25, 0.3) is 0 Å². The van der Waals surface area contributed by atoms with Gasteiger partial charge in [-0.15, -0.1) is 0 Å². The summed E-state index contributed by atoms with van der Waals surface area (Å²) in [4.78, 5) is 2.30. The molecule has 0 saturated carbocycles. The summed E-state index contributed by atoms with van der Waals surface area (Å²) >= 11 is -1.62. The zero-order valence-electron chi connectivity index (χ0n) is 15.4. The number of fused-ring (bicyclic) bond motifs is 1. The molecule has 2 aromatic rings. The first-order valence-corrected chi connectivity index (χ1v) is 10.9. The minimum Gasteiger partial charge on any atom is -0.380 e. The van der Waals surface area contributed by atoms with Crippen molar-refractivity contribution in [1.29, 1.82) is 10.8 Å². The number of pyridine rings is 1. The third-order valence-corrected chi connectivity index (χ3v) is 6.96. The SMILES string of the molecule is [B]C(F)C(=N)SC(=N)c1cnn2c(N3CCC4(CC3)COC4)cc(S(=O)O)cc12. The van der Waals surface area contributed by atoms with Gasteiger partial charge in [-0.2, -0.15) is 5.10 Å². The van der Waals surface area contributed by atoms with Crippen molar-refractivity contribution in [2.24, 2.45) is 5.41 Å². The van der Waals surface area contributed by atoms with E-state index in [1.165, 1.54) is 12.3 Å². The molecule has 2 aromatic heterocycles. The second-order valence-electron chi connectivity index (χ2n) is 7.33. The van der Waals surface area contributed by atoms with Crippen LogP contribution in [-0.2, 0) is 15.8 Å². The third kappa shape index (κ3) is 3.86. The average Bonchev–Trinajstić information content (AvgIpc) is 3.10. The molecular weight excluding hydrogens is 416 g/mol. The maximum atomic E-state index is 13.1. The molecule has 29 heavy (non-hydrogen) atoms. The number of nitrogens with zero attached hydrogens (tertiary/aromatic N) is 3. The second-order valence-corrected chi connectivity index (χ2v) is 9.35. The summed E-state index contributed by atoms with van der Waals surface area (Å²) in [7, 11) is 5.06. The predicted molar refractivity (Wildman–Crippen MR) is 112 cm³/mol. The minimum atomic E-state index is -2.22. The molecule has 2 unspecified atom stereocenters. The summed E-state index contributed by atoms with van der Waals surface area (Å²) < 4.78 is 41.6. The maximum absolute atomic E-state index is 13.1. The fourth-order valence-corrected chi connectivity index (χ4v) is 4.67. The molecule has 2 aliphatic rings. The smallest absolute Gasteiger partial charge is 0.186 e. The largest absolute Gasteiger partial charge is 0.380 e. The molecule has 2 radical (unpaired) electrons. The van der Waals surface area contributed by atoms with Gasteiger partial charge in [0.1, 0.15) is 24.8 Å². The van der Waals surface area contributed by atoms with Crippen molar-refractivity contribution in [2.75, 3.05) is 31.2 Å². The van der Waals surface area contributed by atoms with Crippen LogP contribution < -0.4 is 4.90 Å². The topological polar surface area (TPSA) is 115 Å². The zero-order valence-corrected chi connectivity index (χ0v) is 17.1. The lowest BCUT2D eigenvalue weighted by Crippen LogP contribution is -2.51. The van der Waals surface area contributed by atoms with E-state index < -0.39 is 22.2 Å². The van der Waals surface area contributed by atoms with Gasteiger partial charge in [0, 0.05) is 18.5 Å².